The third kappa shape index (κ3) is 3.30. The smallest absolute Gasteiger partial charge is 0.123 e. The van der Waals surface area contributed by atoms with Gasteiger partial charge in [0.2, 0.25) is 0 Å². The van der Waals surface area contributed by atoms with Crippen molar-refractivity contribution in [3.05, 3.63) is 58.0 Å². The molecule has 1 heterocycles. The van der Waals surface area contributed by atoms with E-state index in [0.717, 1.165) is 12.0 Å². The Morgan fingerprint density at radius 1 is 1.19 bits per heavy atom. The highest BCUT2D eigenvalue weighted by atomic mass is 35.5. The maximum atomic E-state index is 12.7. The van der Waals surface area contributed by atoms with Gasteiger partial charge in [-0.2, -0.15) is 0 Å². The Bertz CT molecular complexity index is 413. The SMILES string of the molecule is Cl.NC(Cc1ccc(F)cc1)c1cccs1. The van der Waals surface area contributed by atoms with Gasteiger partial charge in [-0.15, -0.1) is 23.7 Å². The molecule has 0 aliphatic carbocycles. The quantitative estimate of drug-likeness (QED) is 0.894. The van der Waals surface area contributed by atoms with Crippen molar-refractivity contribution >= 4 is 23.7 Å². The molecule has 1 aromatic heterocycles. The van der Waals surface area contributed by atoms with Crippen molar-refractivity contribution in [2.45, 2.75) is 12.5 Å². The maximum absolute atomic E-state index is 12.7. The Morgan fingerprint density at radius 2 is 1.88 bits per heavy atom. The van der Waals surface area contributed by atoms with Crippen LogP contribution in [0.25, 0.3) is 0 Å². The second-order valence-corrected chi connectivity index (χ2v) is 4.43. The van der Waals surface area contributed by atoms with E-state index in [1.165, 1.54) is 17.0 Å². The molecule has 2 N–H and O–H groups in total. The van der Waals surface area contributed by atoms with E-state index in [0.29, 0.717) is 0 Å². The summed E-state index contributed by atoms with van der Waals surface area (Å²) in [6.45, 7) is 0. The minimum absolute atomic E-state index is 0. The maximum Gasteiger partial charge on any atom is 0.123 e. The summed E-state index contributed by atoms with van der Waals surface area (Å²) < 4.78 is 12.7. The van der Waals surface area contributed by atoms with E-state index in [2.05, 4.69) is 0 Å². The topological polar surface area (TPSA) is 26.0 Å². The number of hydrogen-bond donors (Lipinski definition) is 1. The lowest BCUT2D eigenvalue weighted by Crippen LogP contribution is -2.11. The second-order valence-electron chi connectivity index (χ2n) is 3.45. The summed E-state index contributed by atoms with van der Waals surface area (Å²) in [6, 6.07) is 10.5. The summed E-state index contributed by atoms with van der Waals surface area (Å²) in [7, 11) is 0. The summed E-state index contributed by atoms with van der Waals surface area (Å²) in [5.41, 5.74) is 7.09. The summed E-state index contributed by atoms with van der Waals surface area (Å²) in [4.78, 5) is 1.17. The van der Waals surface area contributed by atoms with Gasteiger partial charge in [0.15, 0.2) is 0 Å². The Labute approximate surface area is 105 Å². The van der Waals surface area contributed by atoms with Gasteiger partial charge in [-0.3, -0.25) is 0 Å². The van der Waals surface area contributed by atoms with E-state index in [-0.39, 0.29) is 24.3 Å². The van der Waals surface area contributed by atoms with Gasteiger partial charge in [0, 0.05) is 10.9 Å². The van der Waals surface area contributed by atoms with Gasteiger partial charge >= 0.3 is 0 Å². The first kappa shape index (κ1) is 13.2. The van der Waals surface area contributed by atoms with Crippen LogP contribution in [0, 0.1) is 5.82 Å². The van der Waals surface area contributed by atoms with E-state index in [1.807, 2.05) is 17.5 Å². The van der Waals surface area contributed by atoms with Crippen LogP contribution in [0.1, 0.15) is 16.5 Å². The largest absolute Gasteiger partial charge is 0.323 e. The molecule has 0 aliphatic rings. The van der Waals surface area contributed by atoms with Crippen molar-refractivity contribution < 1.29 is 4.39 Å². The van der Waals surface area contributed by atoms with E-state index in [1.54, 1.807) is 23.5 Å². The van der Waals surface area contributed by atoms with Crippen LogP contribution in [-0.4, -0.2) is 0 Å². The van der Waals surface area contributed by atoms with Crippen molar-refractivity contribution in [1.29, 1.82) is 0 Å². The van der Waals surface area contributed by atoms with Gasteiger partial charge in [-0.05, 0) is 35.6 Å². The molecular weight excluding hydrogens is 245 g/mol. The van der Waals surface area contributed by atoms with Crippen LogP contribution < -0.4 is 5.73 Å². The lowest BCUT2D eigenvalue weighted by atomic mass is 10.1. The monoisotopic (exact) mass is 257 g/mol. The molecule has 0 bridgehead atoms. The fourth-order valence-corrected chi connectivity index (χ4v) is 2.21. The predicted octanol–water partition coefficient (Wildman–Crippen LogP) is 3.55. The fraction of sp³-hybridized carbons (Fsp3) is 0.167. The Balaban J connectivity index is 0.00000128. The molecule has 4 heteroatoms. The lowest BCUT2D eigenvalue weighted by Gasteiger charge is -2.09. The highest BCUT2D eigenvalue weighted by Crippen LogP contribution is 2.20. The molecule has 16 heavy (non-hydrogen) atoms. The number of halogens is 2. The molecule has 0 spiro atoms. The van der Waals surface area contributed by atoms with E-state index >= 15 is 0 Å². The van der Waals surface area contributed by atoms with Gasteiger partial charge in [-0.25, -0.2) is 4.39 Å². The first-order chi connectivity index (χ1) is 7.25. The average Bonchev–Trinajstić information content (AvgIpc) is 2.74. The van der Waals surface area contributed by atoms with E-state index in [4.69, 9.17) is 5.73 Å². The Kier molecular flexibility index (Phi) is 4.93. The van der Waals surface area contributed by atoms with Gasteiger partial charge < -0.3 is 5.73 Å². The molecule has 0 fully saturated rings. The minimum Gasteiger partial charge on any atom is -0.323 e. The molecule has 0 saturated heterocycles. The fourth-order valence-electron chi connectivity index (χ4n) is 1.48. The van der Waals surface area contributed by atoms with Gasteiger partial charge in [-0.1, -0.05) is 18.2 Å². The molecule has 0 radical (unpaired) electrons. The van der Waals surface area contributed by atoms with Crippen molar-refractivity contribution in [1.82, 2.24) is 0 Å². The van der Waals surface area contributed by atoms with Gasteiger partial charge in [0.1, 0.15) is 5.82 Å². The molecule has 86 valence electrons. The molecule has 2 aromatic rings. The third-order valence-electron chi connectivity index (χ3n) is 2.28. The van der Waals surface area contributed by atoms with Crippen molar-refractivity contribution in [2.75, 3.05) is 0 Å². The van der Waals surface area contributed by atoms with E-state index in [9.17, 15) is 4.39 Å². The molecule has 0 saturated carbocycles. The van der Waals surface area contributed by atoms with Crippen LogP contribution in [0.3, 0.4) is 0 Å². The lowest BCUT2D eigenvalue weighted by molar-refractivity contribution is 0.626. The van der Waals surface area contributed by atoms with Crippen LogP contribution in [0.4, 0.5) is 4.39 Å². The molecule has 2 rings (SSSR count). The third-order valence-corrected chi connectivity index (χ3v) is 3.28. The van der Waals surface area contributed by atoms with Crippen molar-refractivity contribution in [3.8, 4) is 0 Å². The molecule has 1 atom stereocenters. The molecule has 0 aliphatic heterocycles. The van der Waals surface area contributed by atoms with Crippen LogP contribution in [0.2, 0.25) is 0 Å². The van der Waals surface area contributed by atoms with Crippen LogP contribution in [-0.2, 0) is 6.42 Å². The predicted molar refractivity (Wildman–Crippen MR) is 68.6 cm³/mol. The first-order valence-electron chi connectivity index (χ1n) is 4.79. The van der Waals surface area contributed by atoms with Gasteiger partial charge in [0.25, 0.3) is 0 Å². The van der Waals surface area contributed by atoms with Crippen LogP contribution in [0.5, 0.6) is 0 Å². The minimum atomic E-state index is -0.205. The summed E-state index contributed by atoms with van der Waals surface area (Å²) >= 11 is 1.65. The van der Waals surface area contributed by atoms with Crippen molar-refractivity contribution in [3.63, 3.8) is 0 Å². The van der Waals surface area contributed by atoms with E-state index < -0.39 is 0 Å². The highest BCUT2D eigenvalue weighted by Gasteiger charge is 2.07. The number of hydrogen-bond acceptors (Lipinski definition) is 2. The Hall–Kier alpha value is -0.900. The van der Waals surface area contributed by atoms with Crippen molar-refractivity contribution in [2.24, 2.45) is 5.73 Å². The molecule has 0 amide bonds. The molecule has 1 nitrogen and oxygen atoms in total. The number of thiophene rings is 1. The summed E-state index contributed by atoms with van der Waals surface area (Å²) in [5, 5.41) is 2.01. The average molecular weight is 258 g/mol. The summed E-state index contributed by atoms with van der Waals surface area (Å²) in [5.74, 6) is -0.205. The first-order valence-corrected chi connectivity index (χ1v) is 5.67. The number of nitrogens with two attached hydrogens (primary N) is 1. The Morgan fingerprint density at radius 3 is 2.44 bits per heavy atom. The second kappa shape index (κ2) is 5.99. The zero-order chi connectivity index (χ0) is 10.7. The molecular formula is C12H13ClFNS. The summed E-state index contributed by atoms with van der Waals surface area (Å²) in [6.07, 6.45) is 0.751. The number of rotatable bonds is 3. The zero-order valence-electron chi connectivity index (χ0n) is 8.60. The van der Waals surface area contributed by atoms with Crippen LogP contribution >= 0.6 is 23.7 Å². The van der Waals surface area contributed by atoms with Crippen LogP contribution in [0.15, 0.2) is 41.8 Å². The zero-order valence-corrected chi connectivity index (χ0v) is 10.2. The molecule has 1 aromatic carbocycles. The highest BCUT2D eigenvalue weighted by molar-refractivity contribution is 7.10. The molecule has 1 unspecified atom stereocenters. The normalized spacial score (nSPS) is 11.9. The number of benzene rings is 1. The standard InChI is InChI=1S/C12H12FNS.ClH/c13-10-5-3-9(4-6-10)8-11(14)12-2-1-7-15-12;/h1-7,11H,8,14H2;1H. The van der Waals surface area contributed by atoms with Gasteiger partial charge in [0.05, 0.1) is 0 Å².